The summed E-state index contributed by atoms with van der Waals surface area (Å²) in [4.78, 5) is 16.9. The van der Waals surface area contributed by atoms with Gasteiger partial charge in [-0.1, -0.05) is 30.7 Å². The number of aromatic nitrogens is 6. The maximum Gasteiger partial charge on any atom is 0.205 e. The summed E-state index contributed by atoms with van der Waals surface area (Å²) in [5.74, 6) is 0.542. The molecule has 12 heteroatoms. The minimum Gasteiger partial charge on any atom is -0.370 e. The Morgan fingerprint density at radius 2 is 2.04 bits per heavy atom. The molecule has 46 heavy (non-hydrogen) atoms. The van der Waals surface area contributed by atoms with E-state index >= 15 is 0 Å². The number of fused-ring (bicyclic) bond motifs is 2. The standard InChI is InChI=1S/C34H38ClFN10/c1-3-43-12-4-9-34(17-43)18-45(19-34)24-7-5-22(6-8-24)25-14-27(35)26-16-46(42-29(26)21(25)2)31(32(37)41-33-38-10-11-39-33)30-28-13-23(36)15-44(28)20-40-30/h5-8,10-11,14,16,20,23,31H,3-4,9,12-13,15,17-19H2,1-2H3,(H3,37,38,39,41)/t23-,31?/m1/s1. The number of rotatable bonds is 7. The molecule has 0 saturated carbocycles. The van der Waals surface area contributed by atoms with Crippen LogP contribution in [0.2, 0.25) is 5.02 Å². The topological polar surface area (TPSA) is 107 Å². The molecular formula is C34H38ClFN10. The van der Waals surface area contributed by atoms with Crippen LogP contribution in [0.4, 0.5) is 16.0 Å². The quantitative estimate of drug-likeness (QED) is 0.147. The summed E-state index contributed by atoms with van der Waals surface area (Å²) in [5.41, 5.74) is 6.90. The zero-order valence-electron chi connectivity index (χ0n) is 26.1. The lowest BCUT2D eigenvalue weighted by atomic mass is 9.73. The number of benzene rings is 2. The van der Waals surface area contributed by atoms with Crippen molar-refractivity contribution in [2.75, 3.05) is 42.9 Å². The number of piperidine rings is 1. The Morgan fingerprint density at radius 3 is 2.80 bits per heavy atom. The molecule has 0 radical (unpaired) electrons. The van der Waals surface area contributed by atoms with Gasteiger partial charge in [0.15, 0.2) is 6.04 Å². The fourth-order valence-electron chi connectivity index (χ4n) is 7.79. The van der Waals surface area contributed by atoms with E-state index in [0.29, 0.717) is 22.1 Å². The van der Waals surface area contributed by atoms with Crippen LogP contribution in [0, 0.1) is 17.7 Å². The number of nitrogens with one attached hydrogen (secondary N) is 3. The molecule has 1 spiro atoms. The summed E-state index contributed by atoms with van der Waals surface area (Å²) in [6.07, 6.45) is 8.69. The molecule has 238 valence electrons. The van der Waals surface area contributed by atoms with Crippen LogP contribution in [-0.4, -0.2) is 78.9 Å². The van der Waals surface area contributed by atoms with Crippen molar-refractivity contribution in [3.63, 3.8) is 0 Å². The normalized spacial score (nSPS) is 19.8. The Morgan fingerprint density at radius 1 is 1.22 bits per heavy atom. The molecule has 8 rings (SSSR count). The molecule has 3 aromatic heterocycles. The number of H-pyrrole nitrogens is 1. The second kappa shape index (κ2) is 11.2. The van der Waals surface area contributed by atoms with Crippen molar-refractivity contribution in [3.05, 3.63) is 77.2 Å². The molecule has 10 nitrogen and oxygen atoms in total. The summed E-state index contributed by atoms with van der Waals surface area (Å²) in [7, 11) is 0. The van der Waals surface area contributed by atoms with Crippen LogP contribution >= 0.6 is 11.6 Å². The molecule has 0 amide bonds. The Balaban J connectivity index is 1.10. The van der Waals surface area contributed by atoms with Gasteiger partial charge in [-0.15, -0.1) is 0 Å². The van der Waals surface area contributed by atoms with Crippen LogP contribution in [0.25, 0.3) is 22.0 Å². The molecule has 2 atom stereocenters. The van der Waals surface area contributed by atoms with Crippen molar-refractivity contribution >= 4 is 40.0 Å². The van der Waals surface area contributed by atoms with Crippen LogP contribution < -0.4 is 10.2 Å². The van der Waals surface area contributed by atoms with E-state index in [1.807, 2.05) is 16.8 Å². The number of hydrogen-bond donors (Lipinski definition) is 3. The van der Waals surface area contributed by atoms with Crippen molar-refractivity contribution in [2.45, 2.75) is 51.9 Å². The van der Waals surface area contributed by atoms with Gasteiger partial charge in [0.2, 0.25) is 5.95 Å². The van der Waals surface area contributed by atoms with Crippen molar-refractivity contribution in [2.24, 2.45) is 5.41 Å². The third kappa shape index (κ3) is 4.96. The van der Waals surface area contributed by atoms with Gasteiger partial charge >= 0.3 is 0 Å². The minimum absolute atomic E-state index is 0.111. The van der Waals surface area contributed by atoms with E-state index < -0.39 is 12.2 Å². The second-order valence-corrected chi connectivity index (χ2v) is 13.6. The van der Waals surface area contributed by atoms with Crippen molar-refractivity contribution in [1.29, 1.82) is 5.41 Å². The van der Waals surface area contributed by atoms with Crippen molar-refractivity contribution in [1.82, 2.24) is 34.2 Å². The van der Waals surface area contributed by atoms with Gasteiger partial charge in [0.05, 0.1) is 29.1 Å². The number of amidine groups is 1. The van der Waals surface area contributed by atoms with Gasteiger partial charge in [-0.3, -0.25) is 10.1 Å². The number of nitrogens with zero attached hydrogens (tertiary/aromatic N) is 7. The number of anilines is 2. The van der Waals surface area contributed by atoms with E-state index in [-0.39, 0.29) is 18.8 Å². The first kappa shape index (κ1) is 29.2. The van der Waals surface area contributed by atoms with Crippen LogP contribution in [0.15, 0.2) is 55.2 Å². The maximum atomic E-state index is 14.4. The van der Waals surface area contributed by atoms with E-state index in [9.17, 15) is 4.39 Å². The fraction of sp³-hybridized carbons (Fsp3) is 0.412. The first-order valence-electron chi connectivity index (χ1n) is 16.1. The zero-order valence-corrected chi connectivity index (χ0v) is 26.9. The van der Waals surface area contributed by atoms with Gasteiger partial charge < -0.3 is 24.7 Å². The summed E-state index contributed by atoms with van der Waals surface area (Å²) in [6, 6.07) is 10.1. The Labute approximate surface area is 272 Å². The summed E-state index contributed by atoms with van der Waals surface area (Å²) in [5, 5.41) is 18.5. The van der Waals surface area contributed by atoms with E-state index in [0.717, 1.165) is 52.9 Å². The van der Waals surface area contributed by atoms with Gasteiger partial charge in [0.25, 0.3) is 0 Å². The minimum atomic E-state index is -0.979. The van der Waals surface area contributed by atoms with Gasteiger partial charge in [-0.2, -0.15) is 5.10 Å². The highest BCUT2D eigenvalue weighted by molar-refractivity contribution is 6.36. The number of hydrogen-bond acceptors (Lipinski definition) is 6. The zero-order chi connectivity index (χ0) is 31.6. The third-order valence-corrected chi connectivity index (χ3v) is 10.5. The molecule has 2 saturated heterocycles. The first-order valence-corrected chi connectivity index (χ1v) is 16.5. The summed E-state index contributed by atoms with van der Waals surface area (Å²) in [6.45, 7) is 10.4. The average molecular weight is 641 g/mol. The van der Waals surface area contributed by atoms with Crippen LogP contribution in [0.5, 0.6) is 0 Å². The molecule has 2 fully saturated rings. The Hall–Kier alpha value is -4.22. The number of aryl methyl sites for hydroxylation is 1. The molecule has 3 aliphatic heterocycles. The van der Waals surface area contributed by atoms with Crippen LogP contribution in [-0.2, 0) is 13.0 Å². The summed E-state index contributed by atoms with van der Waals surface area (Å²) < 4.78 is 17.9. The van der Waals surface area contributed by atoms with Gasteiger partial charge in [-0.25, -0.2) is 14.4 Å². The van der Waals surface area contributed by atoms with Crippen LogP contribution in [0.1, 0.15) is 42.8 Å². The smallest absolute Gasteiger partial charge is 0.205 e. The number of halogens is 2. The SMILES string of the molecule is CCN1CCCC2(C1)CN(c1ccc(-c3cc(Cl)c4cn(C(C(=N)Nc5ncc[nH]5)c5ncn6c5C[C@@H](F)C6)nc4c3C)cc1)C2. The van der Waals surface area contributed by atoms with Gasteiger partial charge in [0.1, 0.15) is 12.0 Å². The predicted octanol–water partition coefficient (Wildman–Crippen LogP) is 6.08. The lowest BCUT2D eigenvalue weighted by molar-refractivity contribution is 0.0653. The molecule has 6 heterocycles. The molecule has 0 bridgehead atoms. The Bertz CT molecular complexity index is 1900. The molecule has 0 aliphatic carbocycles. The van der Waals surface area contributed by atoms with Crippen molar-refractivity contribution < 1.29 is 4.39 Å². The fourth-order valence-corrected chi connectivity index (χ4v) is 8.04. The lowest BCUT2D eigenvalue weighted by Gasteiger charge is -2.55. The molecule has 2 aromatic carbocycles. The van der Waals surface area contributed by atoms with Crippen molar-refractivity contribution in [3.8, 4) is 11.1 Å². The highest BCUT2D eigenvalue weighted by Crippen LogP contribution is 2.42. The Kier molecular flexibility index (Phi) is 7.13. The number of likely N-dealkylation sites (tertiary alicyclic amines) is 1. The molecule has 5 aromatic rings. The average Bonchev–Trinajstić information content (AvgIpc) is 3.85. The maximum absolute atomic E-state index is 14.4. The number of alkyl halides is 1. The van der Waals surface area contributed by atoms with Crippen LogP contribution in [0.3, 0.4) is 0 Å². The highest BCUT2D eigenvalue weighted by Gasteiger charge is 2.45. The first-order chi connectivity index (χ1) is 22.3. The number of imidazole rings is 2. The highest BCUT2D eigenvalue weighted by atomic mass is 35.5. The lowest BCUT2D eigenvalue weighted by Crippen LogP contribution is -2.63. The molecule has 3 N–H and O–H groups in total. The second-order valence-electron chi connectivity index (χ2n) is 13.2. The predicted molar refractivity (Wildman–Crippen MR) is 180 cm³/mol. The van der Waals surface area contributed by atoms with E-state index in [1.165, 1.54) is 31.6 Å². The molecule has 3 aliphatic rings. The van der Waals surface area contributed by atoms with Gasteiger partial charge in [0, 0.05) is 66.8 Å². The van der Waals surface area contributed by atoms with E-state index in [2.05, 4.69) is 68.2 Å². The monoisotopic (exact) mass is 640 g/mol. The summed E-state index contributed by atoms with van der Waals surface area (Å²) >= 11 is 6.93. The third-order valence-electron chi connectivity index (χ3n) is 10.1. The molecular weight excluding hydrogens is 603 g/mol. The van der Waals surface area contributed by atoms with E-state index in [1.54, 1.807) is 23.4 Å². The largest absolute Gasteiger partial charge is 0.370 e. The number of aromatic amines is 1. The van der Waals surface area contributed by atoms with E-state index in [4.69, 9.17) is 22.1 Å². The molecule has 1 unspecified atom stereocenters. The van der Waals surface area contributed by atoms with Gasteiger partial charge in [-0.05, 0) is 67.7 Å².